The van der Waals surface area contributed by atoms with Crippen LogP contribution >= 0.6 is 0 Å². The maximum absolute atomic E-state index is 11.7. The molecule has 0 bridgehead atoms. The number of hydrazone groups is 1. The van der Waals surface area contributed by atoms with Gasteiger partial charge in [0.05, 0.1) is 6.21 Å². The smallest absolute Gasteiger partial charge is 0.271 e. The third-order valence-corrected chi connectivity index (χ3v) is 2.62. The summed E-state index contributed by atoms with van der Waals surface area (Å²) >= 11 is 0. The number of phenols is 1. The predicted octanol–water partition coefficient (Wildman–Crippen LogP) is 2.46. The first kappa shape index (κ1) is 12.8. The molecule has 19 heavy (non-hydrogen) atoms. The normalized spacial score (nSPS) is 10.6. The number of hydrogen-bond donors (Lipinski definition) is 2. The maximum Gasteiger partial charge on any atom is 0.271 e. The molecule has 0 fully saturated rings. The van der Waals surface area contributed by atoms with E-state index >= 15 is 0 Å². The zero-order valence-corrected chi connectivity index (χ0v) is 10.5. The van der Waals surface area contributed by atoms with E-state index < -0.39 is 0 Å². The molecule has 2 aromatic carbocycles. The second kappa shape index (κ2) is 5.82. The third-order valence-electron chi connectivity index (χ3n) is 2.62. The summed E-state index contributed by atoms with van der Waals surface area (Å²) in [5.41, 5.74) is 4.59. The van der Waals surface area contributed by atoms with Gasteiger partial charge in [-0.15, -0.1) is 0 Å². The molecule has 0 aliphatic heterocycles. The first-order chi connectivity index (χ1) is 9.16. The van der Waals surface area contributed by atoms with Crippen LogP contribution in [0, 0.1) is 6.92 Å². The van der Waals surface area contributed by atoms with Crippen molar-refractivity contribution in [1.29, 1.82) is 0 Å². The minimum absolute atomic E-state index is 0.121. The minimum atomic E-state index is -0.285. The van der Waals surface area contributed by atoms with E-state index in [0.29, 0.717) is 11.1 Å². The zero-order valence-electron chi connectivity index (χ0n) is 10.5. The monoisotopic (exact) mass is 254 g/mol. The molecule has 2 N–H and O–H groups in total. The van der Waals surface area contributed by atoms with Gasteiger partial charge in [-0.25, -0.2) is 5.43 Å². The van der Waals surface area contributed by atoms with E-state index in [1.165, 1.54) is 6.21 Å². The van der Waals surface area contributed by atoms with Crippen molar-refractivity contribution in [3.8, 4) is 5.75 Å². The van der Waals surface area contributed by atoms with Crippen LogP contribution < -0.4 is 5.43 Å². The molecule has 96 valence electrons. The van der Waals surface area contributed by atoms with Crippen molar-refractivity contribution in [1.82, 2.24) is 5.43 Å². The van der Waals surface area contributed by atoms with Crippen LogP contribution in [0.4, 0.5) is 0 Å². The Bertz CT molecular complexity index is 604. The van der Waals surface area contributed by atoms with E-state index in [1.807, 2.05) is 19.1 Å². The number of aryl methyl sites for hydroxylation is 1. The fourth-order valence-corrected chi connectivity index (χ4v) is 1.53. The van der Waals surface area contributed by atoms with E-state index in [2.05, 4.69) is 10.5 Å². The fraction of sp³-hybridized carbons (Fsp3) is 0.0667. The molecule has 0 heterocycles. The Morgan fingerprint density at radius 2 is 1.84 bits per heavy atom. The zero-order chi connectivity index (χ0) is 13.7. The highest BCUT2D eigenvalue weighted by Gasteiger charge is 2.02. The van der Waals surface area contributed by atoms with Crippen molar-refractivity contribution in [2.45, 2.75) is 6.92 Å². The number of nitrogens with one attached hydrogen (secondary N) is 1. The van der Waals surface area contributed by atoms with Crippen LogP contribution in [-0.4, -0.2) is 17.2 Å². The van der Waals surface area contributed by atoms with E-state index in [1.54, 1.807) is 36.4 Å². The Hall–Kier alpha value is -2.62. The van der Waals surface area contributed by atoms with E-state index in [-0.39, 0.29) is 11.7 Å². The summed E-state index contributed by atoms with van der Waals surface area (Å²) in [6.07, 6.45) is 1.40. The predicted molar refractivity (Wildman–Crippen MR) is 74.3 cm³/mol. The van der Waals surface area contributed by atoms with Gasteiger partial charge in [0.2, 0.25) is 0 Å². The van der Waals surface area contributed by atoms with Crippen LogP contribution in [-0.2, 0) is 0 Å². The highest BCUT2D eigenvalue weighted by molar-refractivity contribution is 5.95. The van der Waals surface area contributed by atoms with E-state index in [0.717, 1.165) is 5.56 Å². The lowest BCUT2D eigenvalue weighted by Crippen LogP contribution is -2.17. The molecule has 0 spiro atoms. The summed E-state index contributed by atoms with van der Waals surface area (Å²) in [6, 6.07) is 14.0. The molecular formula is C15H14N2O2. The Kier molecular flexibility index (Phi) is 3.93. The first-order valence-electron chi connectivity index (χ1n) is 5.85. The topological polar surface area (TPSA) is 61.7 Å². The highest BCUT2D eigenvalue weighted by atomic mass is 16.3. The number of carbonyl (C=O) groups is 1. The number of carbonyl (C=O) groups excluding carboxylic acids is 1. The Labute approximate surface area is 111 Å². The van der Waals surface area contributed by atoms with Gasteiger partial charge in [-0.2, -0.15) is 5.10 Å². The van der Waals surface area contributed by atoms with Crippen LogP contribution in [0.25, 0.3) is 0 Å². The first-order valence-corrected chi connectivity index (χ1v) is 5.85. The van der Waals surface area contributed by atoms with Crippen LogP contribution in [0.15, 0.2) is 53.6 Å². The molecule has 1 amide bonds. The standard InChI is InChI=1S/C15H14N2O2/c1-11-6-8-12(9-7-11)15(19)17-16-10-13-4-2-3-5-14(13)18/h2-10,18H,1H3,(H,17,19). The highest BCUT2D eigenvalue weighted by Crippen LogP contribution is 2.12. The Balaban J connectivity index is 2.01. The largest absolute Gasteiger partial charge is 0.507 e. The molecule has 0 saturated carbocycles. The molecule has 0 aliphatic carbocycles. The molecule has 2 rings (SSSR count). The lowest BCUT2D eigenvalue weighted by Gasteiger charge is -2.00. The van der Waals surface area contributed by atoms with Crippen molar-refractivity contribution in [2.75, 3.05) is 0 Å². The van der Waals surface area contributed by atoms with Gasteiger partial charge in [0, 0.05) is 11.1 Å². The molecule has 4 nitrogen and oxygen atoms in total. The van der Waals surface area contributed by atoms with Crippen LogP contribution in [0.2, 0.25) is 0 Å². The molecule has 0 unspecified atom stereocenters. The summed E-state index contributed by atoms with van der Waals surface area (Å²) in [6.45, 7) is 1.96. The summed E-state index contributed by atoms with van der Waals surface area (Å²) < 4.78 is 0. The number of para-hydroxylation sites is 1. The third kappa shape index (κ3) is 3.42. The molecular weight excluding hydrogens is 240 g/mol. The Morgan fingerprint density at radius 3 is 2.53 bits per heavy atom. The number of rotatable bonds is 3. The average Bonchev–Trinajstić information content (AvgIpc) is 2.41. The lowest BCUT2D eigenvalue weighted by atomic mass is 10.1. The molecule has 2 aromatic rings. The quantitative estimate of drug-likeness (QED) is 0.653. The van der Waals surface area contributed by atoms with Crippen molar-refractivity contribution < 1.29 is 9.90 Å². The summed E-state index contributed by atoms with van der Waals surface area (Å²) in [7, 11) is 0. The van der Waals surface area contributed by atoms with Gasteiger partial charge in [-0.3, -0.25) is 4.79 Å². The van der Waals surface area contributed by atoms with Gasteiger partial charge in [-0.1, -0.05) is 29.8 Å². The van der Waals surface area contributed by atoms with Crippen molar-refractivity contribution >= 4 is 12.1 Å². The van der Waals surface area contributed by atoms with Crippen LogP contribution in [0.5, 0.6) is 5.75 Å². The lowest BCUT2D eigenvalue weighted by molar-refractivity contribution is 0.0955. The molecule has 4 heteroatoms. The van der Waals surface area contributed by atoms with Gasteiger partial charge in [0.1, 0.15) is 5.75 Å². The number of phenolic OH excluding ortho intramolecular Hbond substituents is 1. The van der Waals surface area contributed by atoms with Crippen molar-refractivity contribution in [3.05, 3.63) is 65.2 Å². The van der Waals surface area contributed by atoms with Gasteiger partial charge in [0.25, 0.3) is 5.91 Å². The van der Waals surface area contributed by atoms with Gasteiger partial charge < -0.3 is 5.11 Å². The van der Waals surface area contributed by atoms with E-state index in [9.17, 15) is 9.90 Å². The van der Waals surface area contributed by atoms with Crippen LogP contribution in [0.1, 0.15) is 21.5 Å². The number of amides is 1. The number of benzene rings is 2. The molecule has 0 aliphatic rings. The second-order valence-corrected chi connectivity index (χ2v) is 4.12. The molecule has 0 atom stereocenters. The Morgan fingerprint density at radius 1 is 1.16 bits per heavy atom. The van der Waals surface area contributed by atoms with Crippen molar-refractivity contribution in [2.24, 2.45) is 5.10 Å². The number of aromatic hydroxyl groups is 1. The molecule has 0 radical (unpaired) electrons. The van der Waals surface area contributed by atoms with Gasteiger partial charge in [0.15, 0.2) is 0 Å². The summed E-state index contributed by atoms with van der Waals surface area (Å²) in [5, 5.41) is 13.3. The molecule has 0 aromatic heterocycles. The number of hydrogen-bond acceptors (Lipinski definition) is 3. The summed E-state index contributed by atoms with van der Waals surface area (Å²) in [5.74, 6) is -0.164. The minimum Gasteiger partial charge on any atom is -0.507 e. The summed E-state index contributed by atoms with van der Waals surface area (Å²) in [4.78, 5) is 11.7. The van der Waals surface area contributed by atoms with Gasteiger partial charge in [-0.05, 0) is 31.2 Å². The molecule has 0 saturated heterocycles. The second-order valence-electron chi connectivity index (χ2n) is 4.12. The van der Waals surface area contributed by atoms with Crippen molar-refractivity contribution in [3.63, 3.8) is 0 Å². The SMILES string of the molecule is Cc1ccc(C(=O)NN=Cc2ccccc2O)cc1. The van der Waals surface area contributed by atoms with Gasteiger partial charge >= 0.3 is 0 Å². The van der Waals surface area contributed by atoms with E-state index in [4.69, 9.17) is 0 Å². The average molecular weight is 254 g/mol. The fourth-order valence-electron chi connectivity index (χ4n) is 1.53. The number of nitrogens with zero attached hydrogens (tertiary/aromatic N) is 1. The maximum atomic E-state index is 11.7. The van der Waals surface area contributed by atoms with Crippen LogP contribution in [0.3, 0.4) is 0 Å².